The summed E-state index contributed by atoms with van der Waals surface area (Å²) in [5.41, 5.74) is 5.55. The lowest BCUT2D eigenvalue weighted by Crippen LogP contribution is -2.39. The summed E-state index contributed by atoms with van der Waals surface area (Å²) in [4.78, 5) is 11.6. The first kappa shape index (κ1) is 15.6. The molecule has 0 saturated carbocycles. The molecule has 3 N–H and O–H groups in total. The van der Waals surface area contributed by atoms with E-state index in [4.69, 9.17) is 5.73 Å². The van der Waals surface area contributed by atoms with Crippen molar-refractivity contribution >= 4 is 16.7 Å². The van der Waals surface area contributed by atoms with Crippen LogP contribution in [0.3, 0.4) is 0 Å². The Hall–Kier alpha value is -0.420. The number of nitrogens with one attached hydrogen (secondary N) is 1. The highest BCUT2D eigenvalue weighted by Crippen LogP contribution is 2.00. The van der Waals surface area contributed by atoms with Crippen LogP contribution in [-0.4, -0.2) is 33.7 Å². The van der Waals surface area contributed by atoms with E-state index >= 15 is 0 Å². The van der Waals surface area contributed by atoms with Gasteiger partial charge in [-0.1, -0.05) is 13.8 Å². The SMILES string of the molecule is CC(C)CCNC(=O)C(C)S(=O)CC(C)N. The second kappa shape index (κ2) is 7.79. The molecular weight excluding hydrogens is 224 g/mol. The largest absolute Gasteiger partial charge is 0.355 e. The van der Waals surface area contributed by atoms with Crippen molar-refractivity contribution in [2.75, 3.05) is 12.3 Å². The minimum absolute atomic E-state index is 0.133. The summed E-state index contributed by atoms with van der Waals surface area (Å²) in [5.74, 6) is 0.795. The molecule has 0 aromatic carbocycles. The first-order valence-corrected chi connectivity index (χ1v) is 7.13. The molecule has 0 heterocycles. The van der Waals surface area contributed by atoms with Gasteiger partial charge in [0.05, 0.1) is 0 Å². The zero-order valence-electron chi connectivity index (χ0n) is 10.7. The minimum Gasteiger partial charge on any atom is -0.355 e. The Morgan fingerprint density at radius 2 is 1.88 bits per heavy atom. The van der Waals surface area contributed by atoms with Crippen LogP contribution in [-0.2, 0) is 15.6 Å². The fraction of sp³-hybridized carbons (Fsp3) is 0.909. The van der Waals surface area contributed by atoms with Crippen LogP contribution in [0, 0.1) is 5.92 Å². The lowest BCUT2D eigenvalue weighted by atomic mass is 10.1. The van der Waals surface area contributed by atoms with Crippen LogP contribution in [0.5, 0.6) is 0 Å². The maximum absolute atomic E-state index is 11.7. The normalized spacial score (nSPS) is 16.9. The molecule has 5 heteroatoms. The number of amides is 1. The van der Waals surface area contributed by atoms with Gasteiger partial charge in [0.2, 0.25) is 5.91 Å². The van der Waals surface area contributed by atoms with Crippen LogP contribution in [0.1, 0.15) is 34.1 Å². The molecule has 0 rings (SSSR count). The molecule has 0 fully saturated rings. The summed E-state index contributed by atoms with van der Waals surface area (Å²) in [6.07, 6.45) is 0.943. The van der Waals surface area contributed by atoms with Crippen molar-refractivity contribution in [3.05, 3.63) is 0 Å². The van der Waals surface area contributed by atoms with E-state index in [2.05, 4.69) is 19.2 Å². The molecule has 0 aromatic rings. The van der Waals surface area contributed by atoms with Crippen LogP contribution in [0.4, 0.5) is 0 Å². The maximum Gasteiger partial charge on any atom is 0.235 e. The average Bonchev–Trinajstić information content (AvgIpc) is 2.14. The lowest BCUT2D eigenvalue weighted by molar-refractivity contribution is -0.120. The Morgan fingerprint density at radius 1 is 1.31 bits per heavy atom. The molecule has 3 atom stereocenters. The highest BCUT2D eigenvalue weighted by atomic mass is 32.2. The summed E-state index contributed by atoms with van der Waals surface area (Å²) in [6, 6.07) is -0.133. The fourth-order valence-electron chi connectivity index (χ4n) is 1.15. The van der Waals surface area contributed by atoms with Crippen LogP contribution in [0.2, 0.25) is 0 Å². The van der Waals surface area contributed by atoms with Crippen molar-refractivity contribution < 1.29 is 9.00 Å². The Labute approximate surface area is 101 Å². The van der Waals surface area contributed by atoms with Crippen molar-refractivity contribution in [3.63, 3.8) is 0 Å². The number of hydrogen-bond donors (Lipinski definition) is 2. The summed E-state index contributed by atoms with van der Waals surface area (Å²) >= 11 is 0. The van der Waals surface area contributed by atoms with E-state index in [1.807, 2.05) is 0 Å². The van der Waals surface area contributed by atoms with Gasteiger partial charge in [0.1, 0.15) is 5.25 Å². The van der Waals surface area contributed by atoms with Crippen molar-refractivity contribution in [2.24, 2.45) is 11.7 Å². The van der Waals surface area contributed by atoms with Crippen LogP contribution in [0.15, 0.2) is 0 Å². The third-order valence-corrected chi connectivity index (χ3v) is 4.07. The topological polar surface area (TPSA) is 72.2 Å². The number of rotatable bonds is 7. The summed E-state index contributed by atoms with van der Waals surface area (Å²) in [5, 5.41) is 2.32. The van der Waals surface area contributed by atoms with Crippen LogP contribution < -0.4 is 11.1 Å². The van der Waals surface area contributed by atoms with Crippen molar-refractivity contribution in [1.82, 2.24) is 5.32 Å². The first-order chi connectivity index (χ1) is 7.34. The minimum atomic E-state index is -1.18. The van der Waals surface area contributed by atoms with Crippen molar-refractivity contribution in [1.29, 1.82) is 0 Å². The van der Waals surface area contributed by atoms with E-state index in [0.29, 0.717) is 18.2 Å². The van der Waals surface area contributed by atoms with Gasteiger partial charge in [-0.25, -0.2) is 0 Å². The molecule has 0 aliphatic rings. The van der Waals surface area contributed by atoms with E-state index in [1.54, 1.807) is 13.8 Å². The van der Waals surface area contributed by atoms with E-state index in [1.165, 1.54) is 0 Å². The molecule has 0 radical (unpaired) electrons. The van der Waals surface area contributed by atoms with Gasteiger partial charge in [0.15, 0.2) is 0 Å². The lowest BCUT2D eigenvalue weighted by Gasteiger charge is -2.14. The van der Waals surface area contributed by atoms with Gasteiger partial charge in [0, 0.05) is 29.1 Å². The Morgan fingerprint density at radius 3 is 2.31 bits per heavy atom. The van der Waals surface area contributed by atoms with Gasteiger partial charge in [-0.05, 0) is 26.2 Å². The third kappa shape index (κ3) is 6.95. The van der Waals surface area contributed by atoms with E-state index in [0.717, 1.165) is 6.42 Å². The van der Waals surface area contributed by atoms with Crippen LogP contribution in [0.25, 0.3) is 0 Å². The molecule has 0 saturated heterocycles. The standard InChI is InChI=1S/C11H24N2O2S/c1-8(2)5-6-13-11(14)10(4)16(15)7-9(3)12/h8-10H,5-7,12H2,1-4H3,(H,13,14). The molecule has 1 amide bonds. The zero-order chi connectivity index (χ0) is 12.7. The monoisotopic (exact) mass is 248 g/mol. The molecule has 0 aromatic heterocycles. The molecule has 16 heavy (non-hydrogen) atoms. The molecule has 0 aliphatic carbocycles. The smallest absolute Gasteiger partial charge is 0.235 e. The maximum atomic E-state index is 11.7. The van der Waals surface area contributed by atoms with Gasteiger partial charge in [0.25, 0.3) is 0 Å². The van der Waals surface area contributed by atoms with E-state index in [9.17, 15) is 9.00 Å². The second-order valence-electron chi connectivity index (χ2n) is 4.64. The predicted molar refractivity (Wildman–Crippen MR) is 68.6 cm³/mol. The second-order valence-corrected chi connectivity index (χ2v) is 6.44. The third-order valence-electron chi connectivity index (χ3n) is 2.21. The molecule has 96 valence electrons. The quantitative estimate of drug-likeness (QED) is 0.694. The Kier molecular flexibility index (Phi) is 7.58. The Balaban J connectivity index is 3.93. The highest BCUT2D eigenvalue weighted by molar-refractivity contribution is 7.86. The van der Waals surface area contributed by atoms with Gasteiger partial charge >= 0.3 is 0 Å². The molecule has 0 bridgehead atoms. The highest BCUT2D eigenvalue weighted by Gasteiger charge is 2.20. The summed E-state index contributed by atoms with van der Waals surface area (Å²) in [7, 11) is -1.18. The number of nitrogens with two attached hydrogens (primary N) is 1. The van der Waals surface area contributed by atoms with Crippen molar-refractivity contribution in [2.45, 2.75) is 45.4 Å². The fourth-order valence-corrected chi connectivity index (χ4v) is 2.28. The molecule has 0 aliphatic heterocycles. The molecule has 0 spiro atoms. The summed E-state index contributed by atoms with van der Waals surface area (Å²) < 4.78 is 11.7. The first-order valence-electron chi connectivity index (χ1n) is 5.75. The zero-order valence-corrected chi connectivity index (χ0v) is 11.5. The Bertz CT molecular complexity index is 242. The average molecular weight is 248 g/mol. The van der Waals surface area contributed by atoms with E-state index < -0.39 is 16.0 Å². The van der Waals surface area contributed by atoms with Gasteiger partial charge in [-0.3, -0.25) is 9.00 Å². The van der Waals surface area contributed by atoms with Crippen molar-refractivity contribution in [3.8, 4) is 0 Å². The van der Waals surface area contributed by atoms with Gasteiger partial charge in [-0.15, -0.1) is 0 Å². The van der Waals surface area contributed by atoms with Gasteiger partial charge in [-0.2, -0.15) is 0 Å². The summed E-state index contributed by atoms with van der Waals surface area (Å²) in [6.45, 7) is 8.33. The number of hydrogen-bond acceptors (Lipinski definition) is 3. The molecular formula is C11H24N2O2S. The number of carbonyl (C=O) groups is 1. The van der Waals surface area contributed by atoms with Gasteiger partial charge < -0.3 is 11.1 Å². The van der Waals surface area contributed by atoms with E-state index in [-0.39, 0.29) is 11.9 Å². The predicted octanol–water partition coefficient (Wildman–Crippen LogP) is 0.633. The molecule has 4 nitrogen and oxygen atoms in total. The number of carbonyl (C=O) groups excluding carboxylic acids is 1. The molecule has 3 unspecified atom stereocenters. The van der Waals surface area contributed by atoms with Crippen LogP contribution >= 0.6 is 0 Å².